The highest BCUT2D eigenvalue weighted by atomic mass is 16.6. The van der Waals surface area contributed by atoms with Gasteiger partial charge in [0.05, 0.1) is 24.2 Å². The number of piperidine rings is 1. The first kappa shape index (κ1) is 14.1. The quantitative estimate of drug-likeness (QED) is 0.495. The van der Waals surface area contributed by atoms with Crippen LogP contribution in [0.15, 0.2) is 18.2 Å². The Kier molecular flexibility index (Phi) is 3.94. The van der Waals surface area contributed by atoms with Crippen LogP contribution in [0.2, 0.25) is 0 Å². The minimum absolute atomic E-state index is 0.0413. The predicted octanol–water partition coefficient (Wildman–Crippen LogP) is 1.45. The largest absolute Gasteiger partial charge is 0.393 e. The fraction of sp³-hybridized carbons (Fsp3) is 0.571. The van der Waals surface area contributed by atoms with Gasteiger partial charge >= 0.3 is 0 Å². The normalized spacial score (nSPS) is 21.0. The Labute approximate surface area is 123 Å². The first-order valence-corrected chi connectivity index (χ1v) is 7.26. The van der Waals surface area contributed by atoms with Gasteiger partial charge in [-0.3, -0.25) is 15.0 Å². The molecule has 0 aliphatic carbocycles. The molecule has 2 saturated heterocycles. The van der Waals surface area contributed by atoms with Crippen LogP contribution in [0.4, 0.5) is 17.1 Å². The van der Waals surface area contributed by atoms with Crippen molar-refractivity contribution in [2.45, 2.75) is 24.9 Å². The molecule has 0 aromatic heterocycles. The molecule has 0 radical (unpaired) electrons. The standard InChI is InChI=1S/C14H20N4O3/c15-13-7-11(1-2-14(13)18(19)20)16-10-3-5-17(6-4-10)12-8-21-9-12/h1-2,7,10,12,16H,3-6,8-9,15H2. The van der Waals surface area contributed by atoms with Crippen molar-refractivity contribution in [1.29, 1.82) is 0 Å². The van der Waals surface area contributed by atoms with E-state index in [1.807, 2.05) is 0 Å². The lowest BCUT2D eigenvalue weighted by molar-refractivity contribution is -0.383. The van der Waals surface area contributed by atoms with E-state index in [2.05, 4.69) is 10.2 Å². The summed E-state index contributed by atoms with van der Waals surface area (Å²) < 4.78 is 5.23. The Morgan fingerprint density at radius 1 is 1.33 bits per heavy atom. The highest BCUT2D eigenvalue weighted by Crippen LogP contribution is 2.26. The summed E-state index contributed by atoms with van der Waals surface area (Å²) in [6.07, 6.45) is 2.13. The van der Waals surface area contributed by atoms with Gasteiger partial charge in [-0.1, -0.05) is 0 Å². The van der Waals surface area contributed by atoms with Gasteiger partial charge < -0.3 is 15.8 Å². The number of nitro groups is 1. The Morgan fingerprint density at radius 3 is 2.57 bits per heavy atom. The predicted molar refractivity (Wildman–Crippen MR) is 80.3 cm³/mol. The van der Waals surface area contributed by atoms with Crippen molar-refractivity contribution in [2.75, 3.05) is 37.4 Å². The van der Waals surface area contributed by atoms with Crippen LogP contribution in [0, 0.1) is 10.1 Å². The van der Waals surface area contributed by atoms with E-state index in [4.69, 9.17) is 10.5 Å². The molecule has 0 saturated carbocycles. The molecule has 0 bridgehead atoms. The molecule has 0 atom stereocenters. The second-order valence-electron chi connectivity index (χ2n) is 5.68. The Balaban J connectivity index is 1.55. The summed E-state index contributed by atoms with van der Waals surface area (Å²) in [5, 5.41) is 14.2. The number of rotatable bonds is 4. The second kappa shape index (κ2) is 5.87. The summed E-state index contributed by atoms with van der Waals surface area (Å²) in [7, 11) is 0. The number of nitrogen functional groups attached to an aromatic ring is 1. The zero-order valence-electron chi connectivity index (χ0n) is 11.8. The fourth-order valence-electron chi connectivity index (χ4n) is 2.89. The zero-order valence-corrected chi connectivity index (χ0v) is 11.8. The summed E-state index contributed by atoms with van der Waals surface area (Å²) in [6.45, 7) is 3.84. The molecule has 0 amide bonds. The molecule has 114 valence electrons. The van der Waals surface area contributed by atoms with E-state index in [-0.39, 0.29) is 11.4 Å². The lowest BCUT2D eigenvalue weighted by Gasteiger charge is -2.41. The molecule has 3 N–H and O–H groups in total. The molecule has 2 aliphatic heterocycles. The number of ether oxygens (including phenoxy) is 1. The number of anilines is 2. The van der Waals surface area contributed by atoms with E-state index in [1.165, 1.54) is 6.07 Å². The third kappa shape index (κ3) is 3.08. The van der Waals surface area contributed by atoms with Crippen LogP contribution in [-0.4, -0.2) is 48.2 Å². The number of benzene rings is 1. The number of nitrogens with two attached hydrogens (primary N) is 1. The van der Waals surface area contributed by atoms with Gasteiger partial charge in [-0.15, -0.1) is 0 Å². The van der Waals surface area contributed by atoms with Crippen molar-refractivity contribution < 1.29 is 9.66 Å². The summed E-state index contributed by atoms with van der Waals surface area (Å²) in [6, 6.07) is 5.81. The maximum Gasteiger partial charge on any atom is 0.292 e. The SMILES string of the molecule is Nc1cc(NC2CCN(C3COC3)CC2)ccc1[N+](=O)[O-]. The molecule has 2 fully saturated rings. The van der Waals surface area contributed by atoms with Crippen LogP contribution in [0.1, 0.15) is 12.8 Å². The molecule has 1 aromatic carbocycles. The first-order valence-electron chi connectivity index (χ1n) is 7.26. The number of hydrogen-bond donors (Lipinski definition) is 2. The van der Waals surface area contributed by atoms with Gasteiger partial charge in [0.25, 0.3) is 5.69 Å². The van der Waals surface area contributed by atoms with Crippen molar-refractivity contribution in [1.82, 2.24) is 4.90 Å². The smallest absolute Gasteiger partial charge is 0.292 e. The maximum absolute atomic E-state index is 10.7. The van der Waals surface area contributed by atoms with Gasteiger partial charge in [0.2, 0.25) is 0 Å². The fourth-order valence-corrected chi connectivity index (χ4v) is 2.89. The van der Waals surface area contributed by atoms with Crippen molar-refractivity contribution in [3.8, 4) is 0 Å². The van der Waals surface area contributed by atoms with Crippen LogP contribution >= 0.6 is 0 Å². The number of nitrogens with one attached hydrogen (secondary N) is 1. The van der Waals surface area contributed by atoms with E-state index in [0.717, 1.165) is 44.8 Å². The third-order valence-electron chi connectivity index (χ3n) is 4.26. The molecule has 0 unspecified atom stereocenters. The molecule has 3 rings (SSSR count). The molecular formula is C14H20N4O3. The van der Waals surface area contributed by atoms with E-state index in [9.17, 15) is 10.1 Å². The summed E-state index contributed by atoms with van der Waals surface area (Å²) in [4.78, 5) is 12.8. The van der Waals surface area contributed by atoms with Gasteiger partial charge in [0, 0.05) is 30.9 Å². The average Bonchev–Trinajstić information content (AvgIpc) is 2.38. The van der Waals surface area contributed by atoms with Crippen molar-refractivity contribution in [3.63, 3.8) is 0 Å². The minimum Gasteiger partial charge on any atom is -0.393 e. The summed E-state index contributed by atoms with van der Waals surface area (Å²) in [5.74, 6) is 0. The highest BCUT2D eigenvalue weighted by molar-refractivity contribution is 5.66. The number of likely N-dealkylation sites (tertiary alicyclic amines) is 1. The number of hydrogen-bond acceptors (Lipinski definition) is 6. The molecule has 7 nitrogen and oxygen atoms in total. The minimum atomic E-state index is -0.460. The zero-order chi connectivity index (χ0) is 14.8. The highest BCUT2D eigenvalue weighted by Gasteiger charge is 2.29. The molecule has 7 heteroatoms. The Hall–Kier alpha value is -1.86. The van der Waals surface area contributed by atoms with Crippen molar-refractivity contribution in [2.24, 2.45) is 0 Å². The molecule has 1 aromatic rings. The first-order chi connectivity index (χ1) is 10.1. The van der Waals surface area contributed by atoms with Crippen molar-refractivity contribution >= 4 is 17.1 Å². The van der Waals surface area contributed by atoms with Crippen molar-refractivity contribution in [3.05, 3.63) is 28.3 Å². The lowest BCUT2D eigenvalue weighted by Crippen LogP contribution is -2.53. The summed E-state index contributed by atoms with van der Waals surface area (Å²) in [5.41, 5.74) is 6.72. The summed E-state index contributed by atoms with van der Waals surface area (Å²) >= 11 is 0. The third-order valence-corrected chi connectivity index (χ3v) is 4.26. The lowest BCUT2D eigenvalue weighted by atomic mass is 10.0. The van der Waals surface area contributed by atoms with E-state index < -0.39 is 4.92 Å². The number of nitro benzene ring substituents is 1. The van der Waals surface area contributed by atoms with Gasteiger partial charge in [-0.05, 0) is 25.0 Å². The Morgan fingerprint density at radius 2 is 2.05 bits per heavy atom. The Bertz CT molecular complexity index is 525. The van der Waals surface area contributed by atoms with Gasteiger partial charge in [0.15, 0.2) is 0 Å². The number of nitrogens with zero attached hydrogens (tertiary/aromatic N) is 2. The van der Waals surface area contributed by atoms with Gasteiger partial charge in [-0.2, -0.15) is 0 Å². The average molecular weight is 292 g/mol. The molecule has 2 heterocycles. The van der Waals surface area contributed by atoms with E-state index >= 15 is 0 Å². The molecule has 0 spiro atoms. The molecule has 21 heavy (non-hydrogen) atoms. The molecule has 2 aliphatic rings. The maximum atomic E-state index is 10.7. The van der Waals surface area contributed by atoms with E-state index in [1.54, 1.807) is 12.1 Å². The monoisotopic (exact) mass is 292 g/mol. The van der Waals surface area contributed by atoms with Crippen LogP contribution < -0.4 is 11.1 Å². The topological polar surface area (TPSA) is 93.7 Å². The van der Waals surface area contributed by atoms with Crippen LogP contribution in [0.5, 0.6) is 0 Å². The van der Waals surface area contributed by atoms with Crippen LogP contribution in [-0.2, 0) is 4.74 Å². The van der Waals surface area contributed by atoms with Crippen LogP contribution in [0.25, 0.3) is 0 Å². The van der Waals surface area contributed by atoms with E-state index in [0.29, 0.717) is 12.1 Å². The van der Waals surface area contributed by atoms with Crippen LogP contribution in [0.3, 0.4) is 0 Å². The van der Waals surface area contributed by atoms with Gasteiger partial charge in [-0.25, -0.2) is 0 Å². The second-order valence-corrected chi connectivity index (χ2v) is 5.68. The van der Waals surface area contributed by atoms with Gasteiger partial charge in [0.1, 0.15) is 5.69 Å². The molecular weight excluding hydrogens is 272 g/mol.